The molecule has 0 aliphatic heterocycles. The van der Waals surface area contributed by atoms with Crippen molar-refractivity contribution < 1.29 is 4.79 Å². The van der Waals surface area contributed by atoms with E-state index in [9.17, 15) is 4.79 Å². The smallest absolute Gasteiger partial charge is 0.253 e. The van der Waals surface area contributed by atoms with Gasteiger partial charge in [-0.15, -0.1) is 0 Å². The summed E-state index contributed by atoms with van der Waals surface area (Å²) in [5.74, 6) is 1.13. The molecular formula is C14H16Cl2N2O. The molecule has 2 saturated carbocycles. The SMILES string of the molecule is Nc1cc(Cl)c(Cl)c(C(=O)NC(C2CC2)C2CC2)c1. The predicted octanol–water partition coefficient (Wildman–Crippen LogP) is 3.49. The number of carbonyl (C=O) groups excluding carboxylic acids is 1. The van der Waals surface area contributed by atoms with Crippen LogP contribution in [0.1, 0.15) is 36.0 Å². The van der Waals surface area contributed by atoms with Crippen LogP contribution in [0.15, 0.2) is 12.1 Å². The molecule has 0 spiro atoms. The summed E-state index contributed by atoms with van der Waals surface area (Å²) in [5.41, 5.74) is 6.54. The normalized spacial score (nSPS) is 18.7. The molecule has 5 heteroatoms. The third-order valence-electron chi connectivity index (χ3n) is 3.85. The lowest BCUT2D eigenvalue weighted by atomic mass is 10.1. The summed E-state index contributed by atoms with van der Waals surface area (Å²) < 4.78 is 0. The minimum absolute atomic E-state index is 0.164. The van der Waals surface area contributed by atoms with Crippen molar-refractivity contribution in [2.45, 2.75) is 31.7 Å². The van der Waals surface area contributed by atoms with Crippen molar-refractivity contribution in [3.05, 3.63) is 27.7 Å². The zero-order valence-electron chi connectivity index (χ0n) is 10.5. The topological polar surface area (TPSA) is 55.1 Å². The molecular weight excluding hydrogens is 283 g/mol. The number of nitrogens with two attached hydrogens (primary N) is 1. The van der Waals surface area contributed by atoms with Crippen LogP contribution in [0.2, 0.25) is 10.0 Å². The van der Waals surface area contributed by atoms with Gasteiger partial charge in [0.25, 0.3) is 5.91 Å². The highest BCUT2D eigenvalue weighted by atomic mass is 35.5. The summed E-state index contributed by atoms with van der Waals surface area (Å²) in [7, 11) is 0. The summed E-state index contributed by atoms with van der Waals surface area (Å²) in [4.78, 5) is 12.3. The highest BCUT2D eigenvalue weighted by Gasteiger charge is 2.42. The van der Waals surface area contributed by atoms with E-state index in [4.69, 9.17) is 28.9 Å². The van der Waals surface area contributed by atoms with Gasteiger partial charge in [-0.3, -0.25) is 4.79 Å². The fourth-order valence-corrected chi connectivity index (χ4v) is 2.96. The second kappa shape index (κ2) is 4.88. The highest BCUT2D eigenvalue weighted by Crippen LogP contribution is 2.44. The third-order valence-corrected chi connectivity index (χ3v) is 4.65. The largest absolute Gasteiger partial charge is 0.399 e. The van der Waals surface area contributed by atoms with Crippen LogP contribution in [-0.2, 0) is 0 Å². The number of nitrogen functional groups attached to an aromatic ring is 1. The van der Waals surface area contributed by atoms with Crippen LogP contribution in [0, 0.1) is 11.8 Å². The number of benzene rings is 1. The number of halogens is 2. The summed E-state index contributed by atoms with van der Waals surface area (Å²) in [6.45, 7) is 0. The zero-order valence-corrected chi connectivity index (χ0v) is 12.0. The van der Waals surface area contributed by atoms with E-state index in [1.807, 2.05) is 0 Å². The van der Waals surface area contributed by atoms with E-state index in [2.05, 4.69) is 5.32 Å². The van der Waals surface area contributed by atoms with Crippen LogP contribution in [0.5, 0.6) is 0 Å². The summed E-state index contributed by atoms with van der Waals surface area (Å²) >= 11 is 12.0. The maximum absolute atomic E-state index is 12.3. The summed E-state index contributed by atoms with van der Waals surface area (Å²) in [6, 6.07) is 3.43. The first kappa shape index (κ1) is 13.1. The molecule has 3 N–H and O–H groups in total. The predicted molar refractivity (Wildman–Crippen MR) is 77.6 cm³/mol. The van der Waals surface area contributed by atoms with Crippen molar-refractivity contribution >= 4 is 34.8 Å². The van der Waals surface area contributed by atoms with Crippen LogP contribution >= 0.6 is 23.2 Å². The van der Waals surface area contributed by atoms with Gasteiger partial charge in [0.1, 0.15) is 0 Å². The molecule has 1 amide bonds. The molecule has 0 radical (unpaired) electrons. The maximum Gasteiger partial charge on any atom is 0.253 e. The molecule has 3 nitrogen and oxygen atoms in total. The number of hydrogen-bond donors (Lipinski definition) is 2. The Morgan fingerprint density at radius 2 is 1.79 bits per heavy atom. The molecule has 2 fully saturated rings. The number of anilines is 1. The Bertz CT molecular complexity index is 512. The van der Waals surface area contributed by atoms with E-state index >= 15 is 0 Å². The van der Waals surface area contributed by atoms with Gasteiger partial charge in [-0.05, 0) is 49.7 Å². The fraction of sp³-hybridized carbons (Fsp3) is 0.500. The van der Waals surface area contributed by atoms with Gasteiger partial charge in [-0.2, -0.15) is 0 Å². The molecule has 3 rings (SSSR count). The molecule has 1 aromatic rings. The quantitative estimate of drug-likeness (QED) is 0.836. The summed E-state index contributed by atoms with van der Waals surface area (Å²) in [6.07, 6.45) is 4.86. The Morgan fingerprint density at radius 1 is 1.21 bits per heavy atom. The van der Waals surface area contributed by atoms with Gasteiger partial charge in [0.2, 0.25) is 0 Å². The van der Waals surface area contributed by atoms with Gasteiger partial charge in [0, 0.05) is 11.7 Å². The molecule has 0 bridgehead atoms. The molecule has 19 heavy (non-hydrogen) atoms. The molecule has 0 unspecified atom stereocenters. The fourth-order valence-electron chi connectivity index (χ4n) is 2.54. The number of amides is 1. The molecule has 2 aliphatic carbocycles. The molecule has 0 atom stereocenters. The van der Waals surface area contributed by atoms with Crippen molar-refractivity contribution in [2.75, 3.05) is 5.73 Å². The Morgan fingerprint density at radius 3 is 2.32 bits per heavy atom. The Balaban J connectivity index is 1.79. The highest BCUT2D eigenvalue weighted by molar-refractivity contribution is 6.44. The van der Waals surface area contributed by atoms with Crippen LogP contribution in [-0.4, -0.2) is 11.9 Å². The maximum atomic E-state index is 12.3. The molecule has 0 saturated heterocycles. The molecule has 2 aliphatic rings. The first-order chi connectivity index (χ1) is 9.06. The van der Waals surface area contributed by atoms with Crippen molar-refractivity contribution in [3.63, 3.8) is 0 Å². The molecule has 0 aromatic heterocycles. The minimum Gasteiger partial charge on any atom is -0.399 e. The van der Waals surface area contributed by atoms with Crippen LogP contribution in [0.25, 0.3) is 0 Å². The van der Waals surface area contributed by atoms with Crippen LogP contribution in [0.3, 0.4) is 0 Å². The lowest BCUT2D eigenvalue weighted by Gasteiger charge is -2.18. The van der Waals surface area contributed by atoms with E-state index < -0.39 is 0 Å². The van der Waals surface area contributed by atoms with E-state index in [1.54, 1.807) is 12.1 Å². The van der Waals surface area contributed by atoms with E-state index in [0.29, 0.717) is 34.2 Å². The molecule has 1 aromatic carbocycles. The van der Waals surface area contributed by atoms with Gasteiger partial charge < -0.3 is 11.1 Å². The average molecular weight is 299 g/mol. The Labute approximate surface area is 122 Å². The second-order valence-corrected chi connectivity index (χ2v) is 6.32. The Kier molecular flexibility index (Phi) is 3.35. The van der Waals surface area contributed by atoms with E-state index in [-0.39, 0.29) is 10.9 Å². The monoisotopic (exact) mass is 298 g/mol. The molecule has 102 valence electrons. The van der Waals surface area contributed by atoms with Gasteiger partial charge in [-0.1, -0.05) is 23.2 Å². The van der Waals surface area contributed by atoms with Crippen LogP contribution < -0.4 is 11.1 Å². The van der Waals surface area contributed by atoms with Crippen molar-refractivity contribution in [1.29, 1.82) is 0 Å². The van der Waals surface area contributed by atoms with Crippen molar-refractivity contribution in [1.82, 2.24) is 5.32 Å². The van der Waals surface area contributed by atoms with Crippen molar-refractivity contribution in [3.8, 4) is 0 Å². The standard InChI is InChI=1S/C14H16Cl2N2O/c15-11-6-9(17)5-10(12(11)16)14(19)18-13(7-1-2-7)8-3-4-8/h5-8,13H,1-4,17H2,(H,18,19). The number of hydrogen-bond acceptors (Lipinski definition) is 2. The third kappa shape index (κ3) is 2.82. The van der Waals surface area contributed by atoms with Gasteiger partial charge in [-0.25, -0.2) is 0 Å². The van der Waals surface area contributed by atoms with Crippen molar-refractivity contribution in [2.24, 2.45) is 11.8 Å². The molecule has 0 heterocycles. The van der Waals surface area contributed by atoms with Gasteiger partial charge in [0.05, 0.1) is 15.6 Å². The Hall–Kier alpha value is -0.930. The van der Waals surface area contributed by atoms with E-state index in [1.165, 1.54) is 25.7 Å². The summed E-state index contributed by atoms with van der Waals surface area (Å²) in [5, 5.41) is 3.71. The number of carbonyl (C=O) groups is 1. The zero-order chi connectivity index (χ0) is 13.6. The lowest BCUT2D eigenvalue weighted by Crippen LogP contribution is -2.38. The van der Waals surface area contributed by atoms with Gasteiger partial charge >= 0.3 is 0 Å². The number of nitrogens with one attached hydrogen (secondary N) is 1. The van der Waals surface area contributed by atoms with Gasteiger partial charge in [0.15, 0.2) is 0 Å². The number of rotatable bonds is 4. The van der Waals surface area contributed by atoms with E-state index in [0.717, 1.165) is 0 Å². The first-order valence-corrected chi connectivity index (χ1v) is 7.37. The first-order valence-electron chi connectivity index (χ1n) is 6.61. The lowest BCUT2D eigenvalue weighted by molar-refractivity contribution is 0.0926. The average Bonchev–Trinajstić information content (AvgIpc) is 3.23. The second-order valence-electron chi connectivity index (χ2n) is 5.54. The van der Waals surface area contributed by atoms with Crippen LogP contribution in [0.4, 0.5) is 5.69 Å². The minimum atomic E-state index is -0.164.